The zero-order chi connectivity index (χ0) is 19.4. The minimum atomic E-state index is -4.64. The van der Waals surface area contributed by atoms with E-state index in [0.29, 0.717) is 12.4 Å². The summed E-state index contributed by atoms with van der Waals surface area (Å²) in [6.45, 7) is 2.23. The van der Waals surface area contributed by atoms with E-state index in [9.17, 15) is 18.0 Å². The van der Waals surface area contributed by atoms with E-state index < -0.39 is 17.8 Å². The van der Waals surface area contributed by atoms with Crippen molar-refractivity contribution in [2.24, 2.45) is 0 Å². The molecule has 1 aromatic heterocycles. The van der Waals surface area contributed by atoms with Gasteiger partial charge in [0.1, 0.15) is 11.4 Å². The van der Waals surface area contributed by atoms with Crippen LogP contribution < -0.4 is 10.1 Å². The Balaban J connectivity index is 1.97. The normalized spacial score (nSPS) is 11.3. The summed E-state index contributed by atoms with van der Waals surface area (Å²) in [5.74, 6) is -0.291. The SMILES string of the molecule is CCOc1cccc(C(=O)Nc2n[nH]c(C(F)(F)F)c2-c2ccccc2)c1. The zero-order valence-electron chi connectivity index (χ0n) is 14.3. The number of carbonyl (C=O) groups is 1. The number of rotatable bonds is 5. The number of H-pyrrole nitrogens is 1. The highest BCUT2D eigenvalue weighted by molar-refractivity contribution is 6.06. The van der Waals surface area contributed by atoms with Crippen LogP contribution in [0.25, 0.3) is 11.1 Å². The second-order valence-corrected chi connectivity index (χ2v) is 5.60. The number of benzene rings is 2. The van der Waals surface area contributed by atoms with Gasteiger partial charge in [-0.05, 0) is 30.7 Å². The molecule has 3 rings (SSSR count). The number of nitrogens with one attached hydrogen (secondary N) is 2. The summed E-state index contributed by atoms with van der Waals surface area (Å²) in [7, 11) is 0. The van der Waals surface area contributed by atoms with E-state index in [1.165, 1.54) is 24.3 Å². The number of amides is 1. The first-order valence-electron chi connectivity index (χ1n) is 8.15. The van der Waals surface area contributed by atoms with Gasteiger partial charge in [0, 0.05) is 5.56 Å². The fraction of sp³-hybridized carbons (Fsp3) is 0.158. The van der Waals surface area contributed by atoms with Crippen LogP contribution in [0.2, 0.25) is 0 Å². The number of alkyl halides is 3. The van der Waals surface area contributed by atoms with Gasteiger partial charge in [0.2, 0.25) is 0 Å². The molecule has 8 heteroatoms. The van der Waals surface area contributed by atoms with Crippen molar-refractivity contribution in [1.29, 1.82) is 0 Å². The maximum absolute atomic E-state index is 13.3. The summed E-state index contributed by atoms with van der Waals surface area (Å²) in [6, 6.07) is 14.3. The number of anilines is 1. The molecule has 0 atom stereocenters. The first kappa shape index (κ1) is 18.5. The lowest BCUT2D eigenvalue weighted by molar-refractivity contribution is -0.140. The van der Waals surface area contributed by atoms with Crippen LogP contribution in [0.1, 0.15) is 23.0 Å². The van der Waals surface area contributed by atoms with Crippen molar-refractivity contribution in [2.75, 3.05) is 11.9 Å². The van der Waals surface area contributed by atoms with Gasteiger partial charge in [-0.3, -0.25) is 9.89 Å². The Hall–Kier alpha value is -3.29. The van der Waals surface area contributed by atoms with Crippen LogP contribution in [-0.2, 0) is 6.18 Å². The summed E-state index contributed by atoms with van der Waals surface area (Å²) in [5, 5.41) is 8.11. The van der Waals surface area contributed by atoms with Gasteiger partial charge in [0.15, 0.2) is 5.82 Å². The third-order valence-electron chi connectivity index (χ3n) is 3.75. The molecule has 0 fully saturated rings. The lowest BCUT2D eigenvalue weighted by Crippen LogP contribution is -2.13. The van der Waals surface area contributed by atoms with E-state index in [1.54, 1.807) is 37.3 Å². The number of hydrogen-bond acceptors (Lipinski definition) is 3. The maximum Gasteiger partial charge on any atom is 0.433 e. The fourth-order valence-corrected chi connectivity index (χ4v) is 2.60. The van der Waals surface area contributed by atoms with Gasteiger partial charge in [0.05, 0.1) is 12.2 Å². The zero-order valence-corrected chi connectivity index (χ0v) is 14.3. The van der Waals surface area contributed by atoms with Crippen LogP contribution in [-0.4, -0.2) is 22.7 Å². The van der Waals surface area contributed by atoms with Crippen molar-refractivity contribution in [1.82, 2.24) is 10.2 Å². The average molecular weight is 375 g/mol. The largest absolute Gasteiger partial charge is 0.494 e. The highest BCUT2D eigenvalue weighted by Gasteiger charge is 2.38. The molecule has 0 bridgehead atoms. The Bertz CT molecular complexity index is 937. The molecule has 0 aliphatic heterocycles. The smallest absolute Gasteiger partial charge is 0.433 e. The van der Waals surface area contributed by atoms with E-state index in [1.807, 2.05) is 5.10 Å². The van der Waals surface area contributed by atoms with Gasteiger partial charge in [-0.25, -0.2) is 0 Å². The van der Waals surface area contributed by atoms with Gasteiger partial charge in [-0.1, -0.05) is 36.4 Å². The summed E-state index contributed by atoms with van der Waals surface area (Å²) < 4.78 is 45.4. The van der Waals surface area contributed by atoms with Crippen molar-refractivity contribution in [3.8, 4) is 16.9 Å². The number of ether oxygens (including phenoxy) is 1. The Labute approximate surface area is 153 Å². The average Bonchev–Trinajstić information content (AvgIpc) is 3.07. The molecule has 0 aliphatic rings. The molecule has 1 heterocycles. The minimum Gasteiger partial charge on any atom is -0.494 e. The number of aromatic amines is 1. The molecule has 140 valence electrons. The van der Waals surface area contributed by atoms with E-state index in [2.05, 4.69) is 10.4 Å². The summed E-state index contributed by atoms with van der Waals surface area (Å²) in [6.07, 6.45) is -4.64. The Morgan fingerprint density at radius 2 is 1.89 bits per heavy atom. The maximum atomic E-state index is 13.3. The Kier molecular flexibility index (Phi) is 5.16. The molecule has 0 aliphatic carbocycles. The predicted molar refractivity (Wildman–Crippen MR) is 94.6 cm³/mol. The fourth-order valence-electron chi connectivity index (χ4n) is 2.60. The molecule has 27 heavy (non-hydrogen) atoms. The molecule has 1 amide bonds. The standard InChI is InChI=1S/C19H16F3N3O2/c1-2-27-14-10-6-9-13(11-14)18(26)23-17-15(12-7-4-3-5-8-12)16(24-25-17)19(20,21)22/h3-11H,2H2,1H3,(H2,23,24,25,26). The summed E-state index contributed by atoms with van der Waals surface area (Å²) in [5.41, 5.74) is -0.696. The van der Waals surface area contributed by atoms with Crippen molar-refractivity contribution in [3.05, 3.63) is 65.9 Å². The van der Waals surface area contributed by atoms with E-state index in [0.717, 1.165) is 0 Å². The third-order valence-corrected chi connectivity index (χ3v) is 3.75. The second-order valence-electron chi connectivity index (χ2n) is 5.60. The lowest BCUT2D eigenvalue weighted by Gasteiger charge is -2.10. The molecule has 0 unspecified atom stereocenters. The molecule has 0 saturated carbocycles. The van der Waals surface area contributed by atoms with Gasteiger partial charge in [-0.2, -0.15) is 18.3 Å². The molecule has 0 radical (unpaired) electrons. The monoisotopic (exact) mass is 375 g/mol. The molecule has 3 aromatic rings. The van der Waals surface area contributed by atoms with Crippen molar-refractivity contribution in [3.63, 3.8) is 0 Å². The van der Waals surface area contributed by atoms with Crippen LogP contribution in [0.4, 0.5) is 19.0 Å². The number of hydrogen-bond donors (Lipinski definition) is 2. The van der Waals surface area contributed by atoms with E-state index >= 15 is 0 Å². The molecular formula is C19H16F3N3O2. The molecular weight excluding hydrogens is 359 g/mol. The van der Waals surface area contributed by atoms with Gasteiger partial charge >= 0.3 is 6.18 Å². The van der Waals surface area contributed by atoms with Crippen LogP contribution >= 0.6 is 0 Å². The summed E-state index contributed by atoms with van der Waals surface area (Å²) in [4.78, 5) is 12.5. The summed E-state index contributed by atoms with van der Waals surface area (Å²) >= 11 is 0. The number of nitrogens with zero attached hydrogens (tertiary/aromatic N) is 1. The third kappa shape index (κ3) is 4.11. The van der Waals surface area contributed by atoms with Crippen LogP contribution in [0.5, 0.6) is 5.75 Å². The molecule has 5 nitrogen and oxygen atoms in total. The van der Waals surface area contributed by atoms with Crippen LogP contribution in [0.15, 0.2) is 54.6 Å². The Morgan fingerprint density at radius 1 is 1.15 bits per heavy atom. The molecule has 2 aromatic carbocycles. The minimum absolute atomic E-state index is 0.194. The molecule has 0 saturated heterocycles. The Morgan fingerprint density at radius 3 is 2.56 bits per heavy atom. The molecule has 2 N–H and O–H groups in total. The topological polar surface area (TPSA) is 67.0 Å². The highest BCUT2D eigenvalue weighted by Crippen LogP contribution is 2.39. The highest BCUT2D eigenvalue weighted by atomic mass is 19.4. The van der Waals surface area contributed by atoms with Gasteiger partial charge in [-0.15, -0.1) is 0 Å². The first-order valence-corrected chi connectivity index (χ1v) is 8.15. The quantitative estimate of drug-likeness (QED) is 0.676. The number of aromatic nitrogens is 2. The van der Waals surface area contributed by atoms with Crippen LogP contribution in [0.3, 0.4) is 0 Å². The van der Waals surface area contributed by atoms with Gasteiger partial charge < -0.3 is 10.1 Å². The van der Waals surface area contributed by atoms with Crippen LogP contribution in [0, 0.1) is 0 Å². The van der Waals surface area contributed by atoms with Crippen molar-refractivity contribution >= 4 is 11.7 Å². The first-order chi connectivity index (χ1) is 12.9. The van der Waals surface area contributed by atoms with E-state index in [-0.39, 0.29) is 22.5 Å². The predicted octanol–water partition coefficient (Wildman–Crippen LogP) is 4.75. The number of halogens is 3. The second kappa shape index (κ2) is 7.53. The number of carbonyl (C=O) groups excluding carboxylic acids is 1. The van der Waals surface area contributed by atoms with Crippen molar-refractivity contribution in [2.45, 2.75) is 13.1 Å². The lowest BCUT2D eigenvalue weighted by atomic mass is 10.0. The van der Waals surface area contributed by atoms with E-state index in [4.69, 9.17) is 4.74 Å². The molecule has 0 spiro atoms. The van der Waals surface area contributed by atoms with Crippen molar-refractivity contribution < 1.29 is 22.7 Å². The van der Waals surface area contributed by atoms with Gasteiger partial charge in [0.25, 0.3) is 5.91 Å².